The number of imidazole rings is 1. The van der Waals surface area contributed by atoms with Crippen LogP contribution in [0.3, 0.4) is 0 Å². The van der Waals surface area contributed by atoms with E-state index >= 15 is 0 Å². The third kappa shape index (κ3) is 4.34. The maximum atomic E-state index is 12.4. The molecular formula is C28H24N6O2. The molecule has 1 fully saturated rings. The Kier molecular flexibility index (Phi) is 5.71. The fraction of sp³-hybridized carbons (Fsp3) is 0.179. The quantitative estimate of drug-likeness (QED) is 0.358. The van der Waals surface area contributed by atoms with Crippen LogP contribution in [0.15, 0.2) is 73.3 Å². The van der Waals surface area contributed by atoms with E-state index in [9.17, 15) is 4.79 Å². The monoisotopic (exact) mass is 476 g/mol. The first kappa shape index (κ1) is 22.1. The number of hydrogen-bond acceptors (Lipinski definition) is 7. The zero-order valence-electron chi connectivity index (χ0n) is 19.7. The first-order chi connectivity index (χ1) is 17.6. The van der Waals surface area contributed by atoms with Gasteiger partial charge in [-0.3, -0.25) is 15.0 Å². The van der Waals surface area contributed by atoms with Crippen LogP contribution >= 0.6 is 0 Å². The van der Waals surface area contributed by atoms with Crippen LogP contribution in [0.2, 0.25) is 0 Å². The van der Waals surface area contributed by atoms with Gasteiger partial charge in [-0.2, -0.15) is 0 Å². The summed E-state index contributed by atoms with van der Waals surface area (Å²) in [6.07, 6.45) is 5.80. The Bertz CT molecular complexity index is 1550. The number of aromatic nitrogens is 5. The van der Waals surface area contributed by atoms with Crippen molar-refractivity contribution in [3.63, 3.8) is 0 Å². The van der Waals surface area contributed by atoms with Crippen LogP contribution in [0.1, 0.15) is 22.5 Å². The maximum Gasteiger partial charge on any atom is 0.340 e. The van der Waals surface area contributed by atoms with Gasteiger partial charge in [-0.05, 0) is 62.4 Å². The molecule has 178 valence electrons. The number of fused-ring (bicyclic) bond motifs is 1. The van der Waals surface area contributed by atoms with E-state index in [4.69, 9.17) is 4.74 Å². The topological polar surface area (TPSA) is 106 Å². The minimum atomic E-state index is -0.345. The second-order valence-electron chi connectivity index (χ2n) is 8.87. The fourth-order valence-electron chi connectivity index (χ4n) is 4.44. The number of benzene rings is 1. The van der Waals surface area contributed by atoms with Crippen molar-refractivity contribution in [2.75, 3.05) is 13.1 Å². The van der Waals surface area contributed by atoms with Gasteiger partial charge in [0, 0.05) is 41.1 Å². The van der Waals surface area contributed by atoms with Gasteiger partial charge in [0.2, 0.25) is 0 Å². The molecule has 0 spiro atoms. The Morgan fingerprint density at radius 2 is 1.89 bits per heavy atom. The molecule has 8 heteroatoms. The number of hydrogen-bond donors (Lipinski definition) is 2. The van der Waals surface area contributed by atoms with Crippen LogP contribution in [0.5, 0.6) is 0 Å². The molecule has 0 aliphatic carbocycles. The summed E-state index contributed by atoms with van der Waals surface area (Å²) >= 11 is 0. The van der Waals surface area contributed by atoms with Crippen LogP contribution in [0, 0.1) is 6.92 Å². The van der Waals surface area contributed by atoms with E-state index in [1.54, 1.807) is 24.8 Å². The molecular weight excluding hydrogens is 452 g/mol. The van der Waals surface area contributed by atoms with Crippen molar-refractivity contribution in [2.24, 2.45) is 0 Å². The molecule has 4 aromatic heterocycles. The standard InChI is InChI=1S/C28H24N6O2/c1-17-3-2-4-25(34-17)27-26(32-16-33-27)18-5-7-23-20(11-18)12-21(14-31-23)24-8-6-19(13-30-24)28(35)36-22-9-10-29-15-22/h2-8,11-14,16,22,29H,9-10,15H2,1H3,(H,32,33)/t22-/m0/s1. The molecule has 5 aromatic rings. The lowest BCUT2D eigenvalue weighted by Crippen LogP contribution is -2.20. The number of aromatic amines is 1. The molecule has 1 saturated heterocycles. The third-order valence-electron chi connectivity index (χ3n) is 6.32. The van der Waals surface area contributed by atoms with Crippen LogP contribution in [-0.2, 0) is 4.74 Å². The molecule has 0 radical (unpaired) electrons. The van der Waals surface area contributed by atoms with E-state index in [0.29, 0.717) is 12.1 Å². The number of carbonyl (C=O) groups excluding carboxylic acids is 1. The summed E-state index contributed by atoms with van der Waals surface area (Å²) in [5, 5.41) is 4.16. The Labute approximate surface area is 207 Å². The number of nitrogens with one attached hydrogen (secondary N) is 2. The molecule has 36 heavy (non-hydrogen) atoms. The fourth-order valence-corrected chi connectivity index (χ4v) is 4.44. The number of pyridine rings is 3. The zero-order chi connectivity index (χ0) is 24.5. The molecule has 0 unspecified atom stereocenters. The summed E-state index contributed by atoms with van der Waals surface area (Å²) in [6.45, 7) is 3.54. The second-order valence-corrected chi connectivity index (χ2v) is 8.87. The van der Waals surface area contributed by atoms with E-state index < -0.39 is 0 Å². The Morgan fingerprint density at radius 1 is 0.972 bits per heavy atom. The van der Waals surface area contributed by atoms with Crippen molar-refractivity contribution >= 4 is 16.9 Å². The van der Waals surface area contributed by atoms with E-state index in [0.717, 1.165) is 63.5 Å². The van der Waals surface area contributed by atoms with Gasteiger partial charge in [-0.1, -0.05) is 12.1 Å². The molecule has 1 aromatic carbocycles. The minimum absolute atomic E-state index is 0.0761. The molecule has 1 atom stereocenters. The maximum absolute atomic E-state index is 12.4. The molecule has 1 aliphatic heterocycles. The lowest BCUT2D eigenvalue weighted by Gasteiger charge is -2.11. The zero-order valence-corrected chi connectivity index (χ0v) is 19.7. The van der Waals surface area contributed by atoms with Crippen LogP contribution in [0.25, 0.3) is 44.8 Å². The van der Waals surface area contributed by atoms with E-state index in [2.05, 4.69) is 36.3 Å². The van der Waals surface area contributed by atoms with Gasteiger partial charge < -0.3 is 15.0 Å². The molecule has 0 amide bonds. The Hall–Kier alpha value is -4.43. The summed E-state index contributed by atoms with van der Waals surface area (Å²) in [5.41, 5.74) is 7.38. The lowest BCUT2D eigenvalue weighted by atomic mass is 10.0. The van der Waals surface area contributed by atoms with Gasteiger partial charge in [-0.25, -0.2) is 9.78 Å². The summed E-state index contributed by atoms with van der Waals surface area (Å²) < 4.78 is 5.53. The summed E-state index contributed by atoms with van der Waals surface area (Å²) in [7, 11) is 0. The number of rotatable bonds is 5. The van der Waals surface area contributed by atoms with Crippen molar-refractivity contribution in [1.82, 2.24) is 30.2 Å². The number of nitrogens with zero attached hydrogens (tertiary/aromatic N) is 4. The van der Waals surface area contributed by atoms with Gasteiger partial charge in [0.15, 0.2) is 0 Å². The minimum Gasteiger partial charge on any atom is -0.457 e. The average Bonchev–Trinajstić information content (AvgIpc) is 3.61. The Balaban J connectivity index is 1.29. The van der Waals surface area contributed by atoms with E-state index in [-0.39, 0.29) is 12.1 Å². The van der Waals surface area contributed by atoms with Crippen LogP contribution in [0.4, 0.5) is 0 Å². The van der Waals surface area contributed by atoms with Gasteiger partial charge in [0.25, 0.3) is 0 Å². The first-order valence-corrected chi connectivity index (χ1v) is 11.9. The van der Waals surface area contributed by atoms with Crippen molar-refractivity contribution < 1.29 is 9.53 Å². The number of carbonyl (C=O) groups is 1. The van der Waals surface area contributed by atoms with Gasteiger partial charge in [0.1, 0.15) is 6.10 Å². The summed E-state index contributed by atoms with van der Waals surface area (Å²) in [5.74, 6) is -0.345. The molecule has 0 saturated carbocycles. The SMILES string of the molecule is Cc1cccc(-c2[nH]cnc2-c2ccc3ncc(-c4ccc(C(=O)O[C@H]5CCNC5)cn4)cc3c2)n1. The number of ether oxygens (including phenoxy) is 1. The normalized spacial score (nSPS) is 15.3. The van der Waals surface area contributed by atoms with Gasteiger partial charge in [-0.15, -0.1) is 0 Å². The predicted octanol–water partition coefficient (Wildman–Crippen LogP) is 4.58. The lowest BCUT2D eigenvalue weighted by molar-refractivity contribution is 0.0344. The molecule has 1 aliphatic rings. The smallest absolute Gasteiger partial charge is 0.340 e. The van der Waals surface area contributed by atoms with Crippen molar-refractivity contribution in [3.8, 4) is 33.9 Å². The van der Waals surface area contributed by atoms with Crippen LogP contribution in [-0.4, -0.2) is 50.1 Å². The van der Waals surface area contributed by atoms with Crippen molar-refractivity contribution in [1.29, 1.82) is 0 Å². The van der Waals surface area contributed by atoms with E-state index in [1.165, 1.54) is 0 Å². The molecule has 0 bridgehead atoms. The predicted molar refractivity (Wildman–Crippen MR) is 137 cm³/mol. The number of H-pyrrole nitrogens is 1. The second kappa shape index (κ2) is 9.31. The highest BCUT2D eigenvalue weighted by molar-refractivity contribution is 5.91. The van der Waals surface area contributed by atoms with Crippen molar-refractivity contribution in [3.05, 3.63) is 84.6 Å². The highest BCUT2D eigenvalue weighted by Gasteiger charge is 2.20. The first-order valence-electron chi connectivity index (χ1n) is 11.9. The highest BCUT2D eigenvalue weighted by atomic mass is 16.5. The molecule has 2 N–H and O–H groups in total. The Morgan fingerprint density at radius 3 is 2.69 bits per heavy atom. The van der Waals surface area contributed by atoms with Gasteiger partial charge in [0.05, 0.1) is 40.2 Å². The summed E-state index contributed by atoms with van der Waals surface area (Å²) in [6, 6.07) is 17.6. The van der Waals surface area contributed by atoms with Crippen LogP contribution < -0.4 is 5.32 Å². The molecule has 6 rings (SSSR count). The number of esters is 1. The van der Waals surface area contributed by atoms with E-state index in [1.807, 2.05) is 49.4 Å². The van der Waals surface area contributed by atoms with Gasteiger partial charge >= 0.3 is 5.97 Å². The largest absolute Gasteiger partial charge is 0.457 e. The third-order valence-corrected chi connectivity index (χ3v) is 6.32. The van der Waals surface area contributed by atoms with Crippen molar-refractivity contribution in [2.45, 2.75) is 19.4 Å². The summed E-state index contributed by atoms with van der Waals surface area (Å²) in [4.78, 5) is 34.0. The number of aryl methyl sites for hydroxylation is 1. The average molecular weight is 477 g/mol. The molecule has 5 heterocycles. The highest BCUT2D eigenvalue weighted by Crippen LogP contribution is 2.31. The molecule has 8 nitrogen and oxygen atoms in total.